The van der Waals surface area contributed by atoms with Crippen LogP contribution in [0.4, 0.5) is 4.79 Å². The Kier molecular flexibility index (Phi) is 8.15. The summed E-state index contributed by atoms with van der Waals surface area (Å²) >= 11 is 0. The molecule has 1 aromatic carbocycles. The summed E-state index contributed by atoms with van der Waals surface area (Å²) in [5.74, 6) is 0.628. The largest absolute Gasteiger partial charge is 0.473 e. The summed E-state index contributed by atoms with van der Waals surface area (Å²) in [4.78, 5) is 36.0. The summed E-state index contributed by atoms with van der Waals surface area (Å²) in [6.45, 7) is 9.23. The maximum atomic E-state index is 12.3. The number of carbonyl (C=O) groups is 2. The fourth-order valence-electron chi connectivity index (χ4n) is 3.83. The number of aromatic nitrogens is 1. The summed E-state index contributed by atoms with van der Waals surface area (Å²) in [7, 11) is 3.03. The van der Waals surface area contributed by atoms with Gasteiger partial charge in [0.05, 0.1) is 7.11 Å². The number of piperidine rings is 1. The van der Waals surface area contributed by atoms with E-state index in [4.69, 9.17) is 19.3 Å². The second-order valence-electron chi connectivity index (χ2n) is 9.56. The zero-order valence-corrected chi connectivity index (χ0v) is 21.0. The molecular formula is C26H35N3O5. The molecule has 0 spiro atoms. The maximum Gasteiger partial charge on any atom is 0.410 e. The molecule has 2 heterocycles. The smallest absolute Gasteiger partial charge is 0.410 e. The lowest BCUT2D eigenvalue weighted by Gasteiger charge is -2.33. The van der Waals surface area contributed by atoms with Gasteiger partial charge in [0.2, 0.25) is 5.88 Å². The van der Waals surface area contributed by atoms with Gasteiger partial charge in [-0.15, -0.1) is 0 Å². The van der Waals surface area contributed by atoms with E-state index >= 15 is 0 Å². The zero-order chi connectivity index (χ0) is 24.9. The lowest BCUT2D eigenvalue weighted by atomic mass is 9.93. The van der Waals surface area contributed by atoms with Crippen LogP contribution in [0.1, 0.15) is 66.7 Å². The van der Waals surface area contributed by atoms with Crippen LogP contribution in [-0.4, -0.2) is 59.8 Å². The molecule has 0 saturated carbocycles. The molecule has 0 bridgehead atoms. The van der Waals surface area contributed by atoms with E-state index in [2.05, 4.69) is 0 Å². The number of rotatable bonds is 6. The minimum atomic E-state index is -0.490. The zero-order valence-electron chi connectivity index (χ0n) is 21.0. The van der Waals surface area contributed by atoms with Crippen molar-refractivity contribution in [3.63, 3.8) is 0 Å². The standard InChI is InChI=1S/C26H35N3O5/c1-18-16-20(24(30)28(5)32-6)10-11-21(18)17-33-23-9-7-8-22(27-23)19-12-14-29(15-13-19)25(31)34-26(2,3)4/h7-11,16,19H,12-15,17H2,1-6H3. The molecule has 0 atom stereocenters. The minimum Gasteiger partial charge on any atom is -0.473 e. The Morgan fingerprint density at radius 3 is 2.47 bits per heavy atom. The maximum absolute atomic E-state index is 12.3. The third-order valence-corrected chi connectivity index (χ3v) is 5.83. The summed E-state index contributed by atoms with van der Waals surface area (Å²) in [5.41, 5.74) is 2.98. The van der Waals surface area contributed by atoms with Crippen molar-refractivity contribution in [2.24, 2.45) is 0 Å². The lowest BCUT2D eigenvalue weighted by Crippen LogP contribution is -2.41. The molecule has 0 N–H and O–H groups in total. The minimum absolute atomic E-state index is 0.204. The first-order valence-corrected chi connectivity index (χ1v) is 11.6. The van der Waals surface area contributed by atoms with Crippen LogP contribution in [0.2, 0.25) is 0 Å². The highest BCUT2D eigenvalue weighted by Crippen LogP contribution is 2.29. The third-order valence-electron chi connectivity index (χ3n) is 5.83. The Balaban J connectivity index is 1.57. The predicted molar refractivity (Wildman–Crippen MR) is 129 cm³/mol. The number of amides is 2. The van der Waals surface area contributed by atoms with Crippen LogP contribution >= 0.6 is 0 Å². The van der Waals surface area contributed by atoms with E-state index in [9.17, 15) is 9.59 Å². The number of hydrogen-bond acceptors (Lipinski definition) is 6. The Hall–Kier alpha value is -3.13. The first-order valence-electron chi connectivity index (χ1n) is 11.6. The van der Waals surface area contributed by atoms with Crippen molar-refractivity contribution in [1.29, 1.82) is 0 Å². The Bertz CT molecular complexity index is 1010. The second kappa shape index (κ2) is 10.9. The van der Waals surface area contributed by atoms with Crippen molar-refractivity contribution in [3.05, 3.63) is 58.8 Å². The van der Waals surface area contributed by atoms with E-state index < -0.39 is 5.60 Å². The van der Waals surface area contributed by atoms with Gasteiger partial charge in [0.1, 0.15) is 12.2 Å². The fraction of sp³-hybridized carbons (Fsp3) is 0.500. The Morgan fingerprint density at radius 2 is 1.85 bits per heavy atom. The molecule has 1 aromatic heterocycles. The highest BCUT2D eigenvalue weighted by atomic mass is 16.7. The van der Waals surface area contributed by atoms with Crippen LogP contribution in [-0.2, 0) is 16.2 Å². The third kappa shape index (κ3) is 6.70. The molecule has 2 amide bonds. The molecule has 3 rings (SSSR count). The molecule has 1 aliphatic heterocycles. The van der Waals surface area contributed by atoms with Crippen LogP contribution in [0.3, 0.4) is 0 Å². The molecule has 8 heteroatoms. The first-order chi connectivity index (χ1) is 16.1. The van der Waals surface area contributed by atoms with Gasteiger partial charge >= 0.3 is 6.09 Å². The molecular weight excluding hydrogens is 434 g/mol. The van der Waals surface area contributed by atoms with Crippen molar-refractivity contribution < 1.29 is 23.9 Å². The number of ether oxygens (including phenoxy) is 2. The van der Waals surface area contributed by atoms with E-state index in [0.717, 1.165) is 29.7 Å². The normalized spacial score (nSPS) is 14.6. The number of aryl methyl sites for hydroxylation is 1. The summed E-state index contributed by atoms with van der Waals surface area (Å²) in [6, 6.07) is 11.3. The second-order valence-corrected chi connectivity index (χ2v) is 9.56. The topological polar surface area (TPSA) is 81.2 Å². The van der Waals surface area contributed by atoms with E-state index in [-0.39, 0.29) is 17.9 Å². The van der Waals surface area contributed by atoms with E-state index in [1.807, 2.05) is 58.0 Å². The summed E-state index contributed by atoms with van der Waals surface area (Å²) in [5, 5.41) is 1.19. The van der Waals surface area contributed by atoms with Gasteiger partial charge in [-0.2, -0.15) is 0 Å². The van der Waals surface area contributed by atoms with Gasteiger partial charge in [0.25, 0.3) is 5.91 Å². The number of nitrogens with zero attached hydrogens (tertiary/aromatic N) is 3. The van der Waals surface area contributed by atoms with Gasteiger partial charge in [-0.3, -0.25) is 9.63 Å². The van der Waals surface area contributed by atoms with Crippen LogP contribution < -0.4 is 4.74 Å². The summed E-state index contributed by atoms with van der Waals surface area (Å²) in [6.07, 6.45) is 1.41. The lowest BCUT2D eigenvalue weighted by molar-refractivity contribution is -0.0757. The number of likely N-dealkylation sites (tertiary alicyclic amines) is 1. The molecule has 2 aromatic rings. The Labute approximate surface area is 201 Å². The highest BCUT2D eigenvalue weighted by molar-refractivity contribution is 5.93. The molecule has 1 aliphatic rings. The van der Waals surface area contributed by atoms with E-state index in [0.29, 0.717) is 31.1 Å². The van der Waals surface area contributed by atoms with E-state index in [1.54, 1.807) is 18.0 Å². The number of hydrogen-bond donors (Lipinski definition) is 0. The van der Waals surface area contributed by atoms with E-state index in [1.165, 1.54) is 12.2 Å². The number of benzene rings is 1. The van der Waals surface area contributed by atoms with Crippen molar-refractivity contribution in [2.45, 2.75) is 58.7 Å². The van der Waals surface area contributed by atoms with Gasteiger partial charge in [0.15, 0.2) is 0 Å². The van der Waals surface area contributed by atoms with Crippen LogP contribution in [0.15, 0.2) is 36.4 Å². The van der Waals surface area contributed by atoms with Crippen molar-refractivity contribution >= 4 is 12.0 Å². The van der Waals surface area contributed by atoms with Crippen molar-refractivity contribution in [1.82, 2.24) is 14.9 Å². The molecule has 184 valence electrons. The van der Waals surface area contributed by atoms with Gasteiger partial charge < -0.3 is 14.4 Å². The van der Waals surface area contributed by atoms with Gasteiger partial charge in [0, 0.05) is 43.4 Å². The molecule has 1 saturated heterocycles. The van der Waals surface area contributed by atoms with Gasteiger partial charge in [-0.05, 0) is 69.9 Å². The molecule has 34 heavy (non-hydrogen) atoms. The average molecular weight is 470 g/mol. The van der Waals surface area contributed by atoms with Crippen LogP contribution in [0.25, 0.3) is 0 Å². The Morgan fingerprint density at radius 1 is 1.15 bits per heavy atom. The molecule has 0 radical (unpaired) electrons. The monoisotopic (exact) mass is 469 g/mol. The molecule has 1 fully saturated rings. The highest BCUT2D eigenvalue weighted by Gasteiger charge is 2.28. The average Bonchev–Trinajstić information content (AvgIpc) is 2.81. The van der Waals surface area contributed by atoms with Crippen molar-refractivity contribution in [2.75, 3.05) is 27.2 Å². The summed E-state index contributed by atoms with van der Waals surface area (Å²) < 4.78 is 11.5. The van der Waals surface area contributed by atoms with Crippen LogP contribution in [0, 0.1) is 6.92 Å². The van der Waals surface area contributed by atoms with Gasteiger partial charge in [-0.1, -0.05) is 12.1 Å². The number of hydroxylamine groups is 2. The predicted octanol–water partition coefficient (Wildman–Crippen LogP) is 4.72. The van der Waals surface area contributed by atoms with Crippen LogP contribution in [0.5, 0.6) is 5.88 Å². The molecule has 8 nitrogen and oxygen atoms in total. The number of pyridine rings is 1. The van der Waals surface area contributed by atoms with Gasteiger partial charge in [-0.25, -0.2) is 14.8 Å². The van der Waals surface area contributed by atoms with Crippen molar-refractivity contribution in [3.8, 4) is 5.88 Å². The first kappa shape index (κ1) is 25.5. The quantitative estimate of drug-likeness (QED) is 0.570. The fourth-order valence-corrected chi connectivity index (χ4v) is 3.83. The molecule has 0 aliphatic carbocycles. The molecule has 0 unspecified atom stereocenters. The SMILES string of the molecule is CON(C)C(=O)c1ccc(COc2cccc(C3CCN(C(=O)OC(C)(C)C)CC3)n2)c(C)c1. The number of carbonyl (C=O) groups excluding carboxylic acids is 2.